The molecule has 0 aromatic heterocycles. The van der Waals surface area contributed by atoms with Crippen LogP contribution in [-0.2, 0) is 28.5 Å². The first-order valence-electron chi connectivity index (χ1n) is 7.48. The van der Waals surface area contributed by atoms with Gasteiger partial charge in [0.2, 0.25) is 0 Å². The number of rotatable bonds is 5. The summed E-state index contributed by atoms with van der Waals surface area (Å²) in [5, 5.41) is 19.7. The fourth-order valence-electron chi connectivity index (χ4n) is 2.70. The van der Waals surface area contributed by atoms with Crippen molar-refractivity contribution < 1.29 is 38.7 Å². The summed E-state index contributed by atoms with van der Waals surface area (Å²) in [6, 6.07) is 0. The molecule has 2 heterocycles. The van der Waals surface area contributed by atoms with Gasteiger partial charge in [-0.05, 0) is 19.3 Å². The average molecular weight is 320 g/mol. The van der Waals surface area contributed by atoms with Gasteiger partial charge in [0.05, 0.1) is 6.61 Å². The first-order valence-corrected chi connectivity index (χ1v) is 7.48. The van der Waals surface area contributed by atoms with Crippen molar-refractivity contribution in [2.45, 2.75) is 63.2 Å². The molecule has 0 spiro atoms. The lowest BCUT2D eigenvalue weighted by Crippen LogP contribution is -2.62. The van der Waals surface area contributed by atoms with E-state index in [0.29, 0.717) is 13.0 Å². The predicted octanol–water partition coefficient (Wildman–Crippen LogP) is -0.446. The molecular formula is C14H24O8. The van der Waals surface area contributed by atoms with Crippen LogP contribution in [0.25, 0.3) is 0 Å². The summed E-state index contributed by atoms with van der Waals surface area (Å²) in [5.41, 5.74) is 0. The third-order valence-corrected chi connectivity index (χ3v) is 3.78. The van der Waals surface area contributed by atoms with E-state index in [9.17, 15) is 15.0 Å². The number of hydrogen-bond donors (Lipinski definition) is 2. The quantitative estimate of drug-likeness (QED) is 0.657. The number of esters is 1. The van der Waals surface area contributed by atoms with Crippen molar-refractivity contribution >= 4 is 5.97 Å². The van der Waals surface area contributed by atoms with E-state index in [1.165, 1.54) is 14.0 Å². The maximum absolute atomic E-state index is 11.3. The highest BCUT2D eigenvalue weighted by atomic mass is 16.7. The fraction of sp³-hybridized carbons (Fsp3) is 0.929. The number of carbonyl (C=O) groups is 1. The Morgan fingerprint density at radius 3 is 2.64 bits per heavy atom. The molecule has 2 saturated heterocycles. The van der Waals surface area contributed by atoms with Crippen molar-refractivity contribution in [1.82, 2.24) is 0 Å². The van der Waals surface area contributed by atoms with Crippen molar-refractivity contribution in [2.24, 2.45) is 0 Å². The highest BCUT2D eigenvalue weighted by Crippen LogP contribution is 2.29. The zero-order valence-electron chi connectivity index (χ0n) is 12.8. The van der Waals surface area contributed by atoms with Crippen LogP contribution >= 0.6 is 0 Å². The molecule has 128 valence electrons. The zero-order chi connectivity index (χ0) is 16.1. The summed E-state index contributed by atoms with van der Waals surface area (Å²) < 4.78 is 27.1. The van der Waals surface area contributed by atoms with E-state index in [1.54, 1.807) is 0 Å². The van der Waals surface area contributed by atoms with E-state index in [1.807, 2.05) is 0 Å². The number of hydrogen-bond acceptors (Lipinski definition) is 8. The Bertz CT molecular complexity index is 357. The van der Waals surface area contributed by atoms with Gasteiger partial charge in [-0.15, -0.1) is 0 Å². The van der Waals surface area contributed by atoms with Crippen LogP contribution in [0, 0.1) is 0 Å². The Morgan fingerprint density at radius 2 is 2.09 bits per heavy atom. The molecule has 8 heteroatoms. The van der Waals surface area contributed by atoms with Gasteiger partial charge in [0.25, 0.3) is 0 Å². The van der Waals surface area contributed by atoms with Crippen molar-refractivity contribution in [3.63, 3.8) is 0 Å². The van der Waals surface area contributed by atoms with Gasteiger partial charge >= 0.3 is 5.97 Å². The van der Waals surface area contributed by atoms with Gasteiger partial charge in [-0.25, -0.2) is 0 Å². The molecule has 8 nitrogen and oxygen atoms in total. The van der Waals surface area contributed by atoms with Crippen LogP contribution in [0.1, 0.15) is 26.2 Å². The fourth-order valence-corrected chi connectivity index (χ4v) is 2.70. The molecule has 0 saturated carbocycles. The second kappa shape index (κ2) is 8.19. The van der Waals surface area contributed by atoms with Crippen molar-refractivity contribution in [1.29, 1.82) is 0 Å². The number of aliphatic hydroxyl groups excluding tert-OH is 2. The highest BCUT2D eigenvalue weighted by Gasteiger charge is 2.49. The van der Waals surface area contributed by atoms with Crippen LogP contribution in [-0.4, -0.2) is 73.5 Å². The summed E-state index contributed by atoms with van der Waals surface area (Å²) in [6.07, 6.45) is -2.69. The second-order valence-corrected chi connectivity index (χ2v) is 5.42. The van der Waals surface area contributed by atoms with Gasteiger partial charge in [0, 0.05) is 20.6 Å². The maximum Gasteiger partial charge on any atom is 0.303 e. The SMILES string of the molecule is CO[C@H]1O[C@H](CO)[C@@H](O)[C@@H](OC2CCCCO2)[C@H]1OC(C)=O. The van der Waals surface area contributed by atoms with Gasteiger partial charge < -0.3 is 33.9 Å². The summed E-state index contributed by atoms with van der Waals surface area (Å²) in [5.74, 6) is -0.538. The summed E-state index contributed by atoms with van der Waals surface area (Å²) in [7, 11) is 1.39. The normalized spacial score (nSPS) is 39.5. The Kier molecular flexibility index (Phi) is 6.54. The van der Waals surface area contributed by atoms with E-state index < -0.39 is 49.6 Å². The summed E-state index contributed by atoms with van der Waals surface area (Å²) >= 11 is 0. The lowest BCUT2D eigenvalue weighted by molar-refractivity contribution is -0.327. The molecule has 2 aliphatic rings. The second-order valence-electron chi connectivity index (χ2n) is 5.42. The Labute approximate surface area is 129 Å². The van der Waals surface area contributed by atoms with E-state index in [2.05, 4.69) is 0 Å². The maximum atomic E-state index is 11.3. The minimum atomic E-state index is -1.16. The molecule has 0 aliphatic carbocycles. The van der Waals surface area contributed by atoms with Gasteiger partial charge in [-0.1, -0.05) is 0 Å². The smallest absolute Gasteiger partial charge is 0.303 e. The molecule has 2 rings (SSSR count). The molecule has 1 unspecified atom stereocenters. The summed E-state index contributed by atoms with van der Waals surface area (Å²) in [6.45, 7) is 1.43. The van der Waals surface area contributed by atoms with Gasteiger partial charge in [0.1, 0.15) is 18.3 Å². The Morgan fingerprint density at radius 1 is 1.32 bits per heavy atom. The average Bonchev–Trinajstić information content (AvgIpc) is 2.52. The molecule has 2 N–H and O–H groups in total. The first kappa shape index (κ1) is 17.6. The topological polar surface area (TPSA) is 104 Å². The minimum absolute atomic E-state index is 0.404. The van der Waals surface area contributed by atoms with Crippen LogP contribution in [0.4, 0.5) is 0 Å². The van der Waals surface area contributed by atoms with Crippen LogP contribution in [0.5, 0.6) is 0 Å². The van der Waals surface area contributed by atoms with Crippen LogP contribution in [0.15, 0.2) is 0 Å². The first-order chi connectivity index (χ1) is 10.6. The Hall–Kier alpha value is -0.770. The third-order valence-electron chi connectivity index (χ3n) is 3.78. The zero-order valence-corrected chi connectivity index (χ0v) is 12.8. The monoisotopic (exact) mass is 320 g/mol. The number of aliphatic hydroxyl groups is 2. The van der Waals surface area contributed by atoms with Crippen molar-refractivity contribution in [3.05, 3.63) is 0 Å². The molecule has 0 aromatic carbocycles. The van der Waals surface area contributed by atoms with E-state index in [0.717, 1.165) is 12.8 Å². The molecule has 0 radical (unpaired) electrons. The van der Waals surface area contributed by atoms with Gasteiger partial charge in [0.15, 0.2) is 18.7 Å². The van der Waals surface area contributed by atoms with E-state index >= 15 is 0 Å². The van der Waals surface area contributed by atoms with Crippen molar-refractivity contribution in [3.8, 4) is 0 Å². The Balaban J connectivity index is 2.13. The van der Waals surface area contributed by atoms with Crippen LogP contribution in [0.3, 0.4) is 0 Å². The third kappa shape index (κ3) is 4.15. The standard InChI is InChI=1S/C14H24O8/c1-8(16)20-13-12(22-10-5-3-4-6-19-10)11(17)9(7-15)21-14(13)18-2/h9-15,17H,3-7H2,1-2H3/t9-,10?,11-,12-,13-,14+/m1/s1. The lowest BCUT2D eigenvalue weighted by atomic mass is 9.98. The minimum Gasteiger partial charge on any atom is -0.454 e. The van der Waals surface area contributed by atoms with E-state index in [4.69, 9.17) is 23.7 Å². The highest BCUT2D eigenvalue weighted by molar-refractivity contribution is 5.66. The summed E-state index contributed by atoms with van der Waals surface area (Å²) in [4.78, 5) is 11.3. The van der Waals surface area contributed by atoms with Crippen LogP contribution < -0.4 is 0 Å². The lowest BCUT2D eigenvalue weighted by Gasteiger charge is -2.44. The molecule has 22 heavy (non-hydrogen) atoms. The van der Waals surface area contributed by atoms with Crippen molar-refractivity contribution in [2.75, 3.05) is 20.3 Å². The predicted molar refractivity (Wildman–Crippen MR) is 72.8 cm³/mol. The molecule has 0 amide bonds. The molecule has 2 fully saturated rings. The van der Waals surface area contributed by atoms with Gasteiger partial charge in [-0.3, -0.25) is 4.79 Å². The molecule has 0 bridgehead atoms. The van der Waals surface area contributed by atoms with E-state index in [-0.39, 0.29) is 0 Å². The number of carbonyl (C=O) groups excluding carboxylic acids is 1. The number of methoxy groups -OCH3 is 1. The molecule has 6 atom stereocenters. The van der Waals surface area contributed by atoms with Gasteiger partial charge in [-0.2, -0.15) is 0 Å². The molecular weight excluding hydrogens is 296 g/mol. The number of ether oxygens (including phenoxy) is 5. The van der Waals surface area contributed by atoms with Crippen LogP contribution in [0.2, 0.25) is 0 Å². The molecule has 2 aliphatic heterocycles. The largest absolute Gasteiger partial charge is 0.454 e. The molecule has 0 aromatic rings.